The quantitative estimate of drug-likeness (QED) is 0.861. The average molecular weight is 233 g/mol. The van der Waals surface area contributed by atoms with Crippen molar-refractivity contribution in [2.45, 2.75) is 12.5 Å². The lowest BCUT2D eigenvalue weighted by molar-refractivity contribution is 0.687. The molecule has 1 N–H and O–H groups in total. The Hall–Kier alpha value is -1.13. The van der Waals surface area contributed by atoms with Crippen molar-refractivity contribution in [2.24, 2.45) is 0 Å². The molecule has 0 aliphatic carbocycles. The van der Waals surface area contributed by atoms with E-state index in [-0.39, 0.29) is 0 Å². The van der Waals surface area contributed by atoms with Crippen molar-refractivity contribution in [3.8, 4) is 0 Å². The number of likely N-dealkylation sites (N-methyl/N-ethyl adjacent to an activating group) is 1. The Bertz CT molecular complexity index is 488. The van der Waals surface area contributed by atoms with Gasteiger partial charge in [-0.05, 0) is 30.5 Å². The van der Waals surface area contributed by atoms with Gasteiger partial charge >= 0.3 is 0 Å². The third-order valence-corrected chi connectivity index (χ3v) is 4.21. The Balaban J connectivity index is 2.00. The van der Waals surface area contributed by atoms with E-state index in [9.17, 15) is 0 Å². The minimum absolute atomic E-state index is 0.618. The fraction of sp³-hybridized carbons (Fsp3) is 0.417. The van der Waals surface area contributed by atoms with Crippen LogP contribution in [-0.4, -0.2) is 31.2 Å². The van der Waals surface area contributed by atoms with Gasteiger partial charge in [-0.2, -0.15) is 0 Å². The minimum Gasteiger partial charge on any atom is -0.369 e. The van der Waals surface area contributed by atoms with E-state index < -0.39 is 0 Å². The van der Waals surface area contributed by atoms with Crippen molar-refractivity contribution in [3.63, 3.8) is 0 Å². The molecule has 84 valence electrons. The SMILES string of the molecule is CN(c1ccnc2ccsc12)C1CCNC1. The monoisotopic (exact) mass is 233 g/mol. The van der Waals surface area contributed by atoms with Gasteiger partial charge in [-0.1, -0.05) is 0 Å². The van der Waals surface area contributed by atoms with Crippen LogP contribution in [0.4, 0.5) is 5.69 Å². The Labute approximate surface area is 99.1 Å². The fourth-order valence-corrected chi connectivity index (χ4v) is 3.21. The van der Waals surface area contributed by atoms with E-state index in [1.165, 1.54) is 16.8 Å². The Morgan fingerprint density at radius 1 is 1.50 bits per heavy atom. The third-order valence-electron chi connectivity index (χ3n) is 3.29. The van der Waals surface area contributed by atoms with Gasteiger partial charge in [0, 0.05) is 25.8 Å². The molecule has 0 saturated carbocycles. The summed E-state index contributed by atoms with van der Waals surface area (Å²) in [5, 5.41) is 5.52. The van der Waals surface area contributed by atoms with Crippen LogP contribution in [0.1, 0.15) is 6.42 Å². The van der Waals surface area contributed by atoms with Gasteiger partial charge in [0.2, 0.25) is 0 Å². The summed E-state index contributed by atoms with van der Waals surface area (Å²) in [5.41, 5.74) is 2.43. The Kier molecular flexibility index (Phi) is 2.53. The second-order valence-electron chi connectivity index (χ2n) is 4.22. The van der Waals surface area contributed by atoms with E-state index in [1.807, 2.05) is 6.20 Å². The van der Waals surface area contributed by atoms with Crippen LogP contribution >= 0.6 is 11.3 Å². The molecule has 0 bridgehead atoms. The minimum atomic E-state index is 0.618. The van der Waals surface area contributed by atoms with Crippen LogP contribution in [0.25, 0.3) is 10.2 Å². The molecule has 0 aromatic carbocycles. The Morgan fingerprint density at radius 3 is 3.25 bits per heavy atom. The average Bonchev–Trinajstić information content (AvgIpc) is 2.98. The Morgan fingerprint density at radius 2 is 2.44 bits per heavy atom. The molecular formula is C12H15N3S. The molecule has 1 aliphatic heterocycles. The molecule has 0 radical (unpaired) electrons. The van der Waals surface area contributed by atoms with Crippen molar-refractivity contribution in [1.29, 1.82) is 0 Å². The van der Waals surface area contributed by atoms with Gasteiger partial charge in [0.05, 0.1) is 15.9 Å². The standard InChI is InChI=1S/C12H15N3S/c1-15(9-2-5-13-8-9)11-3-6-14-10-4-7-16-12(10)11/h3-4,6-7,9,13H,2,5,8H2,1H3. The number of nitrogens with zero attached hydrogens (tertiary/aromatic N) is 2. The van der Waals surface area contributed by atoms with E-state index in [0.717, 1.165) is 18.6 Å². The van der Waals surface area contributed by atoms with Gasteiger partial charge in [0.25, 0.3) is 0 Å². The highest BCUT2D eigenvalue weighted by Crippen LogP contribution is 2.30. The van der Waals surface area contributed by atoms with Gasteiger partial charge in [-0.25, -0.2) is 0 Å². The molecule has 1 saturated heterocycles. The highest BCUT2D eigenvalue weighted by molar-refractivity contribution is 7.17. The second kappa shape index (κ2) is 4.03. The van der Waals surface area contributed by atoms with Crippen molar-refractivity contribution in [2.75, 3.05) is 25.0 Å². The fourth-order valence-electron chi connectivity index (χ4n) is 2.30. The maximum absolute atomic E-state index is 4.38. The summed E-state index contributed by atoms with van der Waals surface area (Å²) < 4.78 is 1.30. The molecule has 1 fully saturated rings. The molecule has 1 atom stereocenters. The largest absolute Gasteiger partial charge is 0.369 e. The summed E-state index contributed by atoms with van der Waals surface area (Å²) in [6.45, 7) is 2.22. The summed E-state index contributed by atoms with van der Waals surface area (Å²) in [7, 11) is 2.19. The maximum atomic E-state index is 4.38. The predicted octanol–water partition coefficient (Wildman–Crippen LogP) is 2.09. The molecule has 3 nitrogen and oxygen atoms in total. The van der Waals surface area contributed by atoms with Crippen LogP contribution in [0.15, 0.2) is 23.7 Å². The summed E-state index contributed by atoms with van der Waals surface area (Å²) >= 11 is 1.78. The van der Waals surface area contributed by atoms with E-state index in [1.54, 1.807) is 11.3 Å². The zero-order valence-corrected chi connectivity index (χ0v) is 10.1. The molecule has 4 heteroatoms. The lowest BCUT2D eigenvalue weighted by Gasteiger charge is -2.26. The highest BCUT2D eigenvalue weighted by atomic mass is 32.1. The zero-order chi connectivity index (χ0) is 11.0. The number of pyridine rings is 1. The summed E-state index contributed by atoms with van der Waals surface area (Å²) in [5.74, 6) is 0. The molecule has 1 unspecified atom stereocenters. The van der Waals surface area contributed by atoms with Gasteiger partial charge < -0.3 is 10.2 Å². The van der Waals surface area contributed by atoms with E-state index >= 15 is 0 Å². The van der Waals surface area contributed by atoms with Crippen LogP contribution in [0, 0.1) is 0 Å². The topological polar surface area (TPSA) is 28.2 Å². The first-order chi connectivity index (χ1) is 7.86. The first-order valence-corrected chi connectivity index (χ1v) is 6.50. The van der Waals surface area contributed by atoms with Crippen molar-refractivity contribution < 1.29 is 0 Å². The van der Waals surface area contributed by atoms with Crippen molar-refractivity contribution >= 4 is 27.2 Å². The molecule has 3 rings (SSSR count). The summed E-state index contributed by atoms with van der Waals surface area (Å²) in [6, 6.07) is 4.83. The van der Waals surface area contributed by atoms with Crippen LogP contribution in [0.2, 0.25) is 0 Å². The first kappa shape index (κ1) is 10.1. The highest BCUT2D eigenvalue weighted by Gasteiger charge is 2.21. The number of hydrogen-bond donors (Lipinski definition) is 1. The number of fused-ring (bicyclic) bond motifs is 1. The number of rotatable bonds is 2. The molecule has 3 heterocycles. The molecule has 2 aromatic heterocycles. The molecular weight excluding hydrogens is 218 g/mol. The summed E-state index contributed by atoms with van der Waals surface area (Å²) in [6.07, 6.45) is 3.13. The normalized spacial score (nSPS) is 20.4. The van der Waals surface area contributed by atoms with Crippen molar-refractivity contribution in [1.82, 2.24) is 10.3 Å². The number of nitrogens with one attached hydrogen (secondary N) is 1. The van der Waals surface area contributed by atoms with E-state index in [2.05, 4.69) is 39.8 Å². The molecule has 1 aliphatic rings. The lowest BCUT2D eigenvalue weighted by atomic mass is 10.2. The summed E-state index contributed by atoms with van der Waals surface area (Å²) in [4.78, 5) is 6.77. The van der Waals surface area contributed by atoms with Gasteiger partial charge in [0.15, 0.2) is 0 Å². The number of anilines is 1. The predicted molar refractivity (Wildman–Crippen MR) is 69.3 cm³/mol. The molecule has 2 aromatic rings. The van der Waals surface area contributed by atoms with Gasteiger partial charge in [0.1, 0.15) is 0 Å². The van der Waals surface area contributed by atoms with Gasteiger partial charge in [-0.15, -0.1) is 11.3 Å². The third kappa shape index (κ3) is 1.58. The van der Waals surface area contributed by atoms with Crippen LogP contribution in [-0.2, 0) is 0 Å². The number of thiophene rings is 1. The van der Waals surface area contributed by atoms with E-state index in [0.29, 0.717) is 6.04 Å². The van der Waals surface area contributed by atoms with Crippen LogP contribution < -0.4 is 10.2 Å². The smallest absolute Gasteiger partial charge is 0.0830 e. The van der Waals surface area contributed by atoms with Crippen LogP contribution in [0.3, 0.4) is 0 Å². The first-order valence-electron chi connectivity index (χ1n) is 5.62. The van der Waals surface area contributed by atoms with Gasteiger partial charge in [-0.3, -0.25) is 4.98 Å². The molecule has 0 spiro atoms. The second-order valence-corrected chi connectivity index (χ2v) is 5.14. The van der Waals surface area contributed by atoms with E-state index in [4.69, 9.17) is 0 Å². The van der Waals surface area contributed by atoms with Crippen LogP contribution in [0.5, 0.6) is 0 Å². The molecule has 0 amide bonds. The van der Waals surface area contributed by atoms with Crippen molar-refractivity contribution in [3.05, 3.63) is 23.7 Å². The number of hydrogen-bond acceptors (Lipinski definition) is 4. The lowest BCUT2D eigenvalue weighted by Crippen LogP contribution is -2.33. The maximum Gasteiger partial charge on any atom is 0.0830 e. The number of aromatic nitrogens is 1. The zero-order valence-electron chi connectivity index (χ0n) is 9.31. The molecule has 16 heavy (non-hydrogen) atoms.